The van der Waals surface area contributed by atoms with Crippen molar-refractivity contribution in [2.45, 2.75) is 26.2 Å². The zero-order valence-electron chi connectivity index (χ0n) is 15.5. The van der Waals surface area contributed by atoms with E-state index < -0.39 is 0 Å². The summed E-state index contributed by atoms with van der Waals surface area (Å²) in [4.78, 5) is 4.23. The Morgan fingerprint density at radius 2 is 1.82 bits per heavy atom. The lowest BCUT2D eigenvalue weighted by Gasteiger charge is -2.11. The van der Waals surface area contributed by atoms with Gasteiger partial charge in [0.15, 0.2) is 0 Å². The van der Waals surface area contributed by atoms with E-state index in [9.17, 15) is 0 Å². The van der Waals surface area contributed by atoms with E-state index in [1.54, 1.807) is 11.3 Å². The molecule has 4 aromatic rings. The van der Waals surface area contributed by atoms with Crippen LogP contribution in [-0.2, 0) is 26.2 Å². The lowest BCUT2D eigenvalue weighted by atomic mass is 10.1. The lowest BCUT2D eigenvalue weighted by Crippen LogP contribution is -2.15. The van der Waals surface area contributed by atoms with Crippen LogP contribution in [0.5, 0.6) is 5.75 Å². The second-order valence-electron chi connectivity index (χ2n) is 6.49. The third-order valence-corrected chi connectivity index (χ3v) is 5.08. The zero-order valence-corrected chi connectivity index (χ0v) is 16.3. The molecule has 0 unspecified atom stereocenters. The highest BCUT2D eigenvalue weighted by atomic mass is 32.1. The van der Waals surface area contributed by atoms with Crippen molar-refractivity contribution < 1.29 is 4.74 Å². The number of benzene rings is 2. The highest BCUT2D eigenvalue weighted by Crippen LogP contribution is 2.15. The monoisotopic (exact) mass is 390 g/mol. The third-order valence-electron chi connectivity index (χ3n) is 4.45. The van der Waals surface area contributed by atoms with Gasteiger partial charge in [0.1, 0.15) is 12.4 Å². The molecule has 0 amide bonds. The molecule has 0 aliphatic heterocycles. The van der Waals surface area contributed by atoms with Crippen molar-refractivity contribution in [3.05, 3.63) is 100 Å². The molecular weight excluding hydrogens is 368 g/mol. The summed E-state index contributed by atoms with van der Waals surface area (Å²) in [7, 11) is 0. The zero-order chi connectivity index (χ0) is 19.0. The molecule has 2 aromatic heterocycles. The van der Waals surface area contributed by atoms with Gasteiger partial charge in [0, 0.05) is 30.9 Å². The van der Waals surface area contributed by atoms with E-state index in [0.29, 0.717) is 6.61 Å². The van der Waals surface area contributed by atoms with Gasteiger partial charge < -0.3 is 10.1 Å². The quantitative estimate of drug-likeness (QED) is 0.464. The van der Waals surface area contributed by atoms with Gasteiger partial charge in [-0.3, -0.25) is 4.68 Å². The van der Waals surface area contributed by atoms with E-state index in [1.165, 1.54) is 16.7 Å². The second-order valence-corrected chi connectivity index (χ2v) is 7.21. The van der Waals surface area contributed by atoms with E-state index in [0.717, 1.165) is 31.1 Å². The number of aromatic nitrogens is 3. The summed E-state index contributed by atoms with van der Waals surface area (Å²) < 4.78 is 7.71. The highest BCUT2D eigenvalue weighted by Gasteiger charge is 2.03. The standard InChI is InChI=1S/C22H22N4OS/c1-2-5-20(14-26-11-3-10-25-26)19(4-1)13-23-12-18-6-8-22(9-7-18)27-15-21-16-28-17-24-21/h1-11,16-17,23H,12-15H2. The summed E-state index contributed by atoms with van der Waals surface area (Å²) in [6, 6.07) is 18.6. The summed E-state index contributed by atoms with van der Waals surface area (Å²) >= 11 is 1.58. The molecular formula is C22H22N4OS. The molecule has 0 radical (unpaired) electrons. The molecule has 0 fully saturated rings. The van der Waals surface area contributed by atoms with Crippen LogP contribution in [0.15, 0.2) is 77.9 Å². The second kappa shape index (κ2) is 9.30. The van der Waals surface area contributed by atoms with E-state index >= 15 is 0 Å². The minimum atomic E-state index is 0.508. The molecule has 0 aliphatic rings. The molecule has 2 aromatic carbocycles. The maximum absolute atomic E-state index is 5.76. The fourth-order valence-corrected chi connectivity index (χ4v) is 3.51. The van der Waals surface area contributed by atoms with Crippen molar-refractivity contribution in [2.75, 3.05) is 0 Å². The van der Waals surface area contributed by atoms with Crippen LogP contribution in [0.2, 0.25) is 0 Å². The number of nitrogens with zero attached hydrogens (tertiary/aromatic N) is 3. The summed E-state index contributed by atoms with van der Waals surface area (Å²) in [6.07, 6.45) is 3.80. The molecule has 0 spiro atoms. The lowest BCUT2D eigenvalue weighted by molar-refractivity contribution is 0.302. The molecule has 0 bridgehead atoms. The van der Waals surface area contributed by atoms with E-state index in [-0.39, 0.29) is 0 Å². The first-order valence-electron chi connectivity index (χ1n) is 9.20. The average molecular weight is 391 g/mol. The van der Waals surface area contributed by atoms with E-state index in [2.05, 4.69) is 51.8 Å². The summed E-state index contributed by atoms with van der Waals surface area (Å²) in [5.41, 5.74) is 6.58. The molecule has 0 saturated heterocycles. The molecule has 28 heavy (non-hydrogen) atoms. The first kappa shape index (κ1) is 18.4. The minimum absolute atomic E-state index is 0.508. The first-order valence-corrected chi connectivity index (χ1v) is 10.1. The third kappa shape index (κ3) is 5.06. The van der Waals surface area contributed by atoms with Gasteiger partial charge >= 0.3 is 0 Å². The molecule has 0 saturated carbocycles. The first-order chi connectivity index (χ1) is 13.9. The van der Waals surface area contributed by atoms with Crippen LogP contribution in [0.1, 0.15) is 22.4 Å². The Hall–Kier alpha value is -2.96. The van der Waals surface area contributed by atoms with Crippen molar-refractivity contribution in [3.8, 4) is 5.75 Å². The molecule has 5 nitrogen and oxygen atoms in total. The van der Waals surface area contributed by atoms with Crippen LogP contribution in [0.3, 0.4) is 0 Å². The van der Waals surface area contributed by atoms with Crippen LogP contribution < -0.4 is 10.1 Å². The van der Waals surface area contributed by atoms with Gasteiger partial charge in [-0.05, 0) is 34.9 Å². The number of ether oxygens (including phenoxy) is 1. The molecule has 0 atom stereocenters. The minimum Gasteiger partial charge on any atom is -0.487 e. The number of rotatable bonds is 9. The molecule has 2 heterocycles. The molecule has 142 valence electrons. The van der Waals surface area contributed by atoms with Crippen LogP contribution in [0.4, 0.5) is 0 Å². The van der Waals surface area contributed by atoms with Crippen LogP contribution >= 0.6 is 11.3 Å². The Balaban J connectivity index is 1.28. The molecule has 4 rings (SSSR count). The van der Waals surface area contributed by atoms with Crippen molar-refractivity contribution in [3.63, 3.8) is 0 Å². The number of nitrogens with one attached hydrogen (secondary N) is 1. The van der Waals surface area contributed by atoms with Gasteiger partial charge in [0.25, 0.3) is 0 Å². The van der Waals surface area contributed by atoms with Crippen LogP contribution in [-0.4, -0.2) is 14.8 Å². The van der Waals surface area contributed by atoms with Crippen LogP contribution in [0.25, 0.3) is 0 Å². The van der Waals surface area contributed by atoms with E-state index in [4.69, 9.17) is 4.74 Å². The smallest absolute Gasteiger partial charge is 0.131 e. The van der Waals surface area contributed by atoms with Crippen molar-refractivity contribution >= 4 is 11.3 Å². The molecule has 1 N–H and O–H groups in total. The van der Waals surface area contributed by atoms with Gasteiger partial charge in [0.2, 0.25) is 0 Å². The van der Waals surface area contributed by atoms with Gasteiger partial charge in [0.05, 0.1) is 17.7 Å². The van der Waals surface area contributed by atoms with Gasteiger partial charge in [-0.15, -0.1) is 11.3 Å². The average Bonchev–Trinajstić information content (AvgIpc) is 3.43. The Morgan fingerprint density at radius 3 is 2.57 bits per heavy atom. The fraction of sp³-hybridized carbons (Fsp3) is 0.182. The van der Waals surface area contributed by atoms with Crippen molar-refractivity contribution in [2.24, 2.45) is 0 Å². The van der Waals surface area contributed by atoms with Crippen molar-refractivity contribution in [1.82, 2.24) is 20.1 Å². The molecule has 6 heteroatoms. The van der Waals surface area contributed by atoms with Crippen molar-refractivity contribution in [1.29, 1.82) is 0 Å². The largest absolute Gasteiger partial charge is 0.487 e. The predicted molar refractivity (Wildman–Crippen MR) is 111 cm³/mol. The fourth-order valence-electron chi connectivity index (χ4n) is 2.96. The SMILES string of the molecule is c1ccc(Cn2cccn2)c(CNCc2ccc(OCc3cscn3)cc2)c1. The summed E-state index contributed by atoms with van der Waals surface area (Å²) in [5, 5.41) is 9.84. The Morgan fingerprint density at radius 1 is 0.964 bits per heavy atom. The maximum Gasteiger partial charge on any atom is 0.131 e. The maximum atomic E-state index is 5.76. The van der Waals surface area contributed by atoms with E-state index in [1.807, 2.05) is 46.2 Å². The summed E-state index contributed by atoms with van der Waals surface area (Å²) in [6.45, 7) is 2.92. The van der Waals surface area contributed by atoms with Crippen LogP contribution in [0, 0.1) is 0 Å². The predicted octanol–water partition coefficient (Wildman–Crippen LogP) is 4.26. The topological polar surface area (TPSA) is 52.0 Å². The van der Waals surface area contributed by atoms with Gasteiger partial charge in [-0.2, -0.15) is 5.10 Å². The molecule has 0 aliphatic carbocycles. The summed E-state index contributed by atoms with van der Waals surface area (Å²) in [5.74, 6) is 0.862. The van der Waals surface area contributed by atoms with Gasteiger partial charge in [-0.25, -0.2) is 4.98 Å². The highest BCUT2D eigenvalue weighted by molar-refractivity contribution is 7.07. The van der Waals surface area contributed by atoms with Gasteiger partial charge in [-0.1, -0.05) is 36.4 Å². The Kier molecular flexibility index (Phi) is 6.11. The number of thiazole rings is 1. The Labute approximate surface area is 168 Å². The number of hydrogen-bond donors (Lipinski definition) is 1. The Bertz CT molecular complexity index is 966. The number of hydrogen-bond acceptors (Lipinski definition) is 5. The normalized spacial score (nSPS) is 10.9.